The summed E-state index contributed by atoms with van der Waals surface area (Å²) in [4.78, 5) is 2.59. The van der Waals surface area contributed by atoms with Crippen molar-refractivity contribution in [1.29, 1.82) is 0 Å². The van der Waals surface area contributed by atoms with Gasteiger partial charge in [-0.2, -0.15) is 0 Å². The standard InChI is InChI=1S/C17H27NO2/c1-3-16-7-5-4-6-10-18(16)12-15-11-14(13-19)8-9-17(15)20-2/h8-9,11,16,19H,3-7,10,12-13H2,1-2H3. The van der Waals surface area contributed by atoms with Gasteiger partial charge in [0, 0.05) is 18.2 Å². The third-order valence-electron chi connectivity index (χ3n) is 4.37. The zero-order chi connectivity index (χ0) is 14.4. The summed E-state index contributed by atoms with van der Waals surface area (Å²) in [6, 6.07) is 6.66. The maximum absolute atomic E-state index is 9.32. The molecule has 112 valence electrons. The lowest BCUT2D eigenvalue weighted by atomic mass is 10.1. The van der Waals surface area contributed by atoms with Crippen molar-refractivity contribution in [3.05, 3.63) is 29.3 Å². The lowest BCUT2D eigenvalue weighted by Gasteiger charge is -2.29. The SMILES string of the molecule is CCC1CCCCCN1Cc1cc(CO)ccc1OC. The average molecular weight is 277 g/mol. The minimum atomic E-state index is 0.0915. The highest BCUT2D eigenvalue weighted by molar-refractivity contribution is 5.37. The van der Waals surface area contributed by atoms with Crippen molar-refractivity contribution in [1.82, 2.24) is 4.90 Å². The second-order valence-electron chi connectivity index (χ2n) is 5.69. The molecular formula is C17H27NO2. The molecule has 0 aromatic heterocycles. The van der Waals surface area contributed by atoms with Gasteiger partial charge in [-0.1, -0.05) is 25.8 Å². The molecule has 3 nitrogen and oxygen atoms in total. The summed E-state index contributed by atoms with van der Waals surface area (Å²) in [5.74, 6) is 0.932. The number of nitrogens with zero attached hydrogens (tertiary/aromatic N) is 1. The molecule has 1 heterocycles. The quantitative estimate of drug-likeness (QED) is 0.896. The first-order chi connectivity index (χ1) is 9.78. The predicted octanol–water partition coefficient (Wildman–Crippen LogP) is 3.34. The second kappa shape index (κ2) is 7.65. The molecule has 1 unspecified atom stereocenters. The molecule has 1 aromatic rings. The van der Waals surface area contributed by atoms with E-state index in [0.29, 0.717) is 6.04 Å². The van der Waals surface area contributed by atoms with Crippen LogP contribution in [-0.4, -0.2) is 29.7 Å². The Labute approximate surface area is 122 Å². The molecule has 1 N–H and O–H groups in total. The highest BCUT2D eigenvalue weighted by Gasteiger charge is 2.20. The molecule has 1 aliphatic heterocycles. The van der Waals surface area contributed by atoms with Crippen molar-refractivity contribution in [3.63, 3.8) is 0 Å². The number of rotatable bonds is 5. The minimum Gasteiger partial charge on any atom is -0.496 e. The van der Waals surface area contributed by atoms with Gasteiger partial charge in [-0.05, 0) is 43.5 Å². The van der Waals surface area contributed by atoms with E-state index >= 15 is 0 Å². The first-order valence-electron chi connectivity index (χ1n) is 7.79. The van der Waals surface area contributed by atoms with E-state index in [1.807, 2.05) is 12.1 Å². The molecule has 0 saturated carbocycles. The van der Waals surface area contributed by atoms with Crippen molar-refractivity contribution >= 4 is 0 Å². The van der Waals surface area contributed by atoms with Crippen molar-refractivity contribution < 1.29 is 9.84 Å². The van der Waals surface area contributed by atoms with E-state index in [-0.39, 0.29) is 6.61 Å². The van der Waals surface area contributed by atoms with Gasteiger partial charge >= 0.3 is 0 Å². The fourth-order valence-corrected chi connectivity index (χ4v) is 3.18. The molecule has 1 aromatic carbocycles. The first kappa shape index (κ1) is 15.3. The molecule has 3 heteroatoms. The van der Waals surface area contributed by atoms with Crippen molar-refractivity contribution in [2.75, 3.05) is 13.7 Å². The molecule has 1 aliphatic rings. The predicted molar refractivity (Wildman–Crippen MR) is 81.9 cm³/mol. The van der Waals surface area contributed by atoms with Crippen molar-refractivity contribution in [2.24, 2.45) is 0 Å². The summed E-state index contributed by atoms with van der Waals surface area (Å²) in [6.45, 7) is 4.47. The molecule has 20 heavy (non-hydrogen) atoms. The number of aliphatic hydroxyl groups is 1. The average Bonchev–Trinajstić information content (AvgIpc) is 2.72. The smallest absolute Gasteiger partial charge is 0.123 e. The highest BCUT2D eigenvalue weighted by atomic mass is 16.5. The van der Waals surface area contributed by atoms with Crippen LogP contribution in [0.25, 0.3) is 0 Å². The number of ether oxygens (including phenoxy) is 1. The summed E-state index contributed by atoms with van der Waals surface area (Å²) in [5, 5.41) is 9.32. The number of hydrogen-bond acceptors (Lipinski definition) is 3. The topological polar surface area (TPSA) is 32.7 Å². The van der Waals surface area contributed by atoms with Gasteiger partial charge in [0.15, 0.2) is 0 Å². The third-order valence-corrected chi connectivity index (χ3v) is 4.37. The Morgan fingerprint density at radius 2 is 2.15 bits per heavy atom. The molecule has 2 rings (SSSR count). The Morgan fingerprint density at radius 1 is 1.30 bits per heavy atom. The third kappa shape index (κ3) is 3.74. The van der Waals surface area contributed by atoms with Crippen LogP contribution in [0.15, 0.2) is 18.2 Å². The summed E-state index contributed by atoms with van der Waals surface area (Å²) >= 11 is 0. The normalized spacial score (nSPS) is 20.6. The molecule has 0 radical (unpaired) electrons. The van der Waals surface area contributed by atoms with Crippen molar-refractivity contribution in [2.45, 2.75) is 58.2 Å². The van der Waals surface area contributed by atoms with E-state index in [1.165, 1.54) is 44.2 Å². The van der Waals surface area contributed by atoms with E-state index in [4.69, 9.17) is 4.74 Å². The van der Waals surface area contributed by atoms with Crippen LogP contribution < -0.4 is 4.74 Å². The number of aliphatic hydroxyl groups excluding tert-OH is 1. The van der Waals surface area contributed by atoms with Gasteiger partial charge in [-0.15, -0.1) is 0 Å². The fourth-order valence-electron chi connectivity index (χ4n) is 3.18. The summed E-state index contributed by atoms with van der Waals surface area (Å²) in [7, 11) is 1.72. The second-order valence-corrected chi connectivity index (χ2v) is 5.69. The molecule has 1 fully saturated rings. The summed E-state index contributed by atoms with van der Waals surface area (Å²) in [6.07, 6.45) is 6.50. The molecule has 1 atom stereocenters. The monoisotopic (exact) mass is 277 g/mol. The Kier molecular flexibility index (Phi) is 5.86. The van der Waals surface area contributed by atoms with Crippen LogP contribution in [-0.2, 0) is 13.2 Å². The van der Waals surface area contributed by atoms with Gasteiger partial charge in [0.25, 0.3) is 0 Å². The van der Waals surface area contributed by atoms with Gasteiger partial charge in [0.2, 0.25) is 0 Å². The van der Waals surface area contributed by atoms with Crippen LogP contribution in [0.1, 0.15) is 50.2 Å². The van der Waals surface area contributed by atoms with Crippen LogP contribution >= 0.6 is 0 Å². The van der Waals surface area contributed by atoms with E-state index in [2.05, 4.69) is 17.9 Å². The Hall–Kier alpha value is -1.06. The van der Waals surface area contributed by atoms with E-state index in [0.717, 1.165) is 17.9 Å². The van der Waals surface area contributed by atoms with Crippen LogP contribution in [0.2, 0.25) is 0 Å². The van der Waals surface area contributed by atoms with Gasteiger partial charge in [-0.25, -0.2) is 0 Å². The van der Waals surface area contributed by atoms with Gasteiger partial charge in [-0.3, -0.25) is 4.90 Å². The molecular weight excluding hydrogens is 250 g/mol. The lowest BCUT2D eigenvalue weighted by Crippen LogP contribution is -2.34. The van der Waals surface area contributed by atoms with Gasteiger partial charge in [0.1, 0.15) is 5.75 Å². The number of hydrogen-bond donors (Lipinski definition) is 1. The van der Waals surface area contributed by atoms with E-state index < -0.39 is 0 Å². The molecule has 0 spiro atoms. The zero-order valence-electron chi connectivity index (χ0n) is 12.8. The van der Waals surface area contributed by atoms with E-state index in [9.17, 15) is 5.11 Å². The van der Waals surface area contributed by atoms with Crippen LogP contribution in [0.3, 0.4) is 0 Å². The highest BCUT2D eigenvalue weighted by Crippen LogP contribution is 2.26. The number of likely N-dealkylation sites (tertiary alicyclic amines) is 1. The molecule has 1 saturated heterocycles. The Bertz CT molecular complexity index is 419. The van der Waals surface area contributed by atoms with Crippen LogP contribution in [0, 0.1) is 0 Å². The molecule has 0 aliphatic carbocycles. The lowest BCUT2D eigenvalue weighted by molar-refractivity contribution is 0.184. The van der Waals surface area contributed by atoms with Crippen LogP contribution in [0.5, 0.6) is 5.75 Å². The van der Waals surface area contributed by atoms with Crippen LogP contribution in [0.4, 0.5) is 0 Å². The Morgan fingerprint density at radius 3 is 2.85 bits per heavy atom. The van der Waals surface area contributed by atoms with E-state index in [1.54, 1.807) is 7.11 Å². The molecule has 0 amide bonds. The largest absolute Gasteiger partial charge is 0.496 e. The van der Waals surface area contributed by atoms with Gasteiger partial charge in [0.05, 0.1) is 13.7 Å². The number of methoxy groups -OCH3 is 1. The summed E-state index contributed by atoms with van der Waals surface area (Å²) < 4.78 is 5.48. The van der Waals surface area contributed by atoms with Crippen molar-refractivity contribution in [3.8, 4) is 5.75 Å². The molecule has 0 bridgehead atoms. The minimum absolute atomic E-state index is 0.0915. The fraction of sp³-hybridized carbons (Fsp3) is 0.647. The Balaban J connectivity index is 2.17. The number of benzene rings is 1. The maximum atomic E-state index is 9.32. The zero-order valence-corrected chi connectivity index (χ0v) is 12.8. The van der Waals surface area contributed by atoms with Gasteiger partial charge < -0.3 is 9.84 Å². The first-order valence-corrected chi connectivity index (χ1v) is 7.79. The maximum Gasteiger partial charge on any atom is 0.123 e. The summed E-state index contributed by atoms with van der Waals surface area (Å²) in [5.41, 5.74) is 2.16.